The first kappa shape index (κ1) is 30.0. The molecule has 0 aliphatic carbocycles. The molecule has 0 atom stereocenters. The second-order valence-electron chi connectivity index (χ2n) is 5.59. The standard InChI is InChI=1S/2C10H13N3O2S.Pd/c2*1-11-10(16)13-12-6-7-4-3-5-8(15-2)9(7)14;/h2*3-6,14H,1-2H3,(H2,11,13,16);/q;;+2/p-2/b2*12-6+;. The summed E-state index contributed by atoms with van der Waals surface area (Å²) in [5, 5.41) is 27.6. The summed E-state index contributed by atoms with van der Waals surface area (Å²) in [5.74, 6) is 0.864. The molecule has 0 aliphatic rings. The Kier molecular flexibility index (Phi) is 15.1. The van der Waals surface area contributed by atoms with E-state index >= 15 is 0 Å². The number of aliphatic imine (C=N–C) groups is 2. The Hall–Kier alpha value is -2.98. The number of nitrogens with zero attached hydrogens (tertiary/aromatic N) is 4. The predicted molar refractivity (Wildman–Crippen MR) is 132 cm³/mol. The van der Waals surface area contributed by atoms with Crippen LogP contribution in [-0.2, 0) is 45.7 Å². The summed E-state index contributed by atoms with van der Waals surface area (Å²) in [4.78, 5) is 7.39. The smallest absolute Gasteiger partial charge is 0.741 e. The van der Waals surface area contributed by atoms with Gasteiger partial charge in [0.2, 0.25) is 0 Å². The van der Waals surface area contributed by atoms with E-state index in [1.165, 1.54) is 26.6 Å². The summed E-state index contributed by atoms with van der Waals surface area (Å²) in [6.45, 7) is 0. The number of amidine groups is 2. The van der Waals surface area contributed by atoms with Crippen molar-refractivity contribution in [2.45, 2.75) is 0 Å². The number of hydrogen-bond donors (Lipinski definition) is 4. The molecule has 4 N–H and O–H groups in total. The zero-order chi connectivity index (χ0) is 23.9. The average molecular weight is 583 g/mol. The minimum absolute atomic E-state index is 0. The number of phenolic OH excluding ortho intramolecular Hbond substituents is 2. The summed E-state index contributed by atoms with van der Waals surface area (Å²) in [7, 11) is 6.10. The second kappa shape index (κ2) is 16.6. The number of methoxy groups -OCH3 is 2. The Bertz CT molecular complexity index is 923. The SMILES string of the molecule is CN=C([S-])N/N=C/c1cccc(OC)c1O.CN=C([S-])N/N=C/c1cccc(OC)c1O.[Pd+2]. The number of benzene rings is 2. The topological polar surface area (TPSA) is 132 Å². The van der Waals surface area contributed by atoms with E-state index in [0.29, 0.717) is 22.6 Å². The van der Waals surface area contributed by atoms with E-state index in [4.69, 9.17) is 34.7 Å². The number of para-hydroxylation sites is 2. The molecule has 0 aliphatic heterocycles. The Morgan fingerprint density at radius 1 is 0.788 bits per heavy atom. The third-order valence-electron chi connectivity index (χ3n) is 3.63. The Morgan fingerprint density at radius 2 is 1.15 bits per heavy atom. The van der Waals surface area contributed by atoms with E-state index in [0.717, 1.165) is 0 Å². The summed E-state index contributed by atoms with van der Waals surface area (Å²) >= 11 is 9.55. The van der Waals surface area contributed by atoms with Crippen molar-refractivity contribution in [3.05, 3.63) is 47.5 Å². The fraction of sp³-hybridized carbons (Fsp3) is 0.200. The molecule has 0 amide bonds. The van der Waals surface area contributed by atoms with Crippen molar-refractivity contribution < 1.29 is 40.1 Å². The van der Waals surface area contributed by atoms with Gasteiger partial charge in [-0.2, -0.15) is 10.2 Å². The molecule has 180 valence electrons. The number of hydrogen-bond acceptors (Lipinski definition) is 10. The van der Waals surface area contributed by atoms with Crippen molar-refractivity contribution >= 4 is 48.0 Å². The van der Waals surface area contributed by atoms with Crippen LogP contribution in [0, 0.1) is 0 Å². The van der Waals surface area contributed by atoms with Crippen LogP contribution in [-0.4, -0.2) is 61.3 Å². The zero-order valence-corrected chi connectivity index (χ0v) is 21.4. The van der Waals surface area contributed by atoms with Gasteiger partial charge in [-0.3, -0.25) is 20.8 Å². The van der Waals surface area contributed by atoms with Gasteiger partial charge in [0.05, 0.1) is 26.6 Å². The molecule has 0 radical (unpaired) electrons. The summed E-state index contributed by atoms with van der Waals surface area (Å²) in [5.41, 5.74) is 6.12. The van der Waals surface area contributed by atoms with Crippen LogP contribution in [0.4, 0.5) is 0 Å². The first-order chi connectivity index (χ1) is 15.4. The molecule has 33 heavy (non-hydrogen) atoms. The van der Waals surface area contributed by atoms with Crippen LogP contribution >= 0.6 is 0 Å². The van der Waals surface area contributed by atoms with Crippen LogP contribution in [0.25, 0.3) is 0 Å². The van der Waals surface area contributed by atoms with Gasteiger partial charge in [-0.25, -0.2) is 0 Å². The number of nitrogens with one attached hydrogen (secondary N) is 2. The molecule has 13 heteroatoms. The van der Waals surface area contributed by atoms with Gasteiger partial charge in [-0.15, -0.1) is 0 Å². The molecule has 0 unspecified atom stereocenters. The van der Waals surface area contributed by atoms with Crippen LogP contribution in [0.15, 0.2) is 56.6 Å². The van der Waals surface area contributed by atoms with Gasteiger partial charge in [0.15, 0.2) is 23.0 Å². The summed E-state index contributed by atoms with van der Waals surface area (Å²) in [6, 6.07) is 10.2. The second-order valence-corrected chi connectivity index (χ2v) is 6.37. The van der Waals surface area contributed by atoms with E-state index in [1.807, 2.05) is 0 Å². The number of phenols is 2. The summed E-state index contributed by atoms with van der Waals surface area (Å²) < 4.78 is 9.92. The number of hydrazone groups is 2. The van der Waals surface area contributed by atoms with E-state index < -0.39 is 0 Å². The Morgan fingerprint density at radius 3 is 1.45 bits per heavy atom. The number of rotatable bonds is 6. The third-order valence-corrected chi connectivity index (χ3v) is 4.18. The quantitative estimate of drug-likeness (QED) is 0.133. The number of ether oxygens (including phenoxy) is 2. The first-order valence-electron chi connectivity index (χ1n) is 8.95. The van der Waals surface area contributed by atoms with Crippen molar-refractivity contribution in [1.82, 2.24) is 10.9 Å². The van der Waals surface area contributed by atoms with Gasteiger partial charge in [-0.05, 0) is 34.6 Å². The largest absolute Gasteiger partial charge is 2.00 e. The van der Waals surface area contributed by atoms with Gasteiger partial charge in [-0.1, -0.05) is 12.1 Å². The first-order valence-corrected chi connectivity index (χ1v) is 9.77. The molecule has 0 saturated carbocycles. The maximum absolute atomic E-state index is 9.71. The Labute approximate surface area is 217 Å². The van der Waals surface area contributed by atoms with E-state index in [-0.39, 0.29) is 42.3 Å². The van der Waals surface area contributed by atoms with Gasteiger partial charge < -0.3 is 44.9 Å². The van der Waals surface area contributed by atoms with Gasteiger partial charge >= 0.3 is 20.4 Å². The molecular formula is C20H24N6O4PdS2. The monoisotopic (exact) mass is 582 g/mol. The molecule has 10 nitrogen and oxygen atoms in total. The van der Waals surface area contributed by atoms with E-state index in [2.05, 4.69) is 31.0 Å². The molecule has 0 saturated heterocycles. The molecule has 0 heterocycles. The van der Waals surface area contributed by atoms with Crippen molar-refractivity contribution in [1.29, 1.82) is 0 Å². The third kappa shape index (κ3) is 10.5. The van der Waals surface area contributed by atoms with Gasteiger partial charge in [0.25, 0.3) is 0 Å². The minimum atomic E-state index is 0. The fourth-order valence-electron chi connectivity index (χ4n) is 2.03. The molecule has 2 rings (SSSR count). The normalized spacial score (nSPS) is 11.4. The van der Waals surface area contributed by atoms with E-state index in [1.54, 1.807) is 50.5 Å². The predicted octanol–water partition coefficient (Wildman–Crippen LogP) is 1.71. The molecule has 2 aromatic carbocycles. The average Bonchev–Trinajstić information content (AvgIpc) is 2.81. The molecule has 0 spiro atoms. The summed E-state index contributed by atoms with van der Waals surface area (Å²) in [6.07, 6.45) is 2.88. The van der Waals surface area contributed by atoms with Crippen molar-refractivity contribution in [2.75, 3.05) is 28.3 Å². The molecule has 0 bridgehead atoms. The van der Waals surface area contributed by atoms with Crippen molar-refractivity contribution in [3.8, 4) is 23.0 Å². The maximum Gasteiger partial charge on any atom is 2.00 e. The van der Waals surface area contributed by atoms with Crippen LogP contribution < -0.4 is 20.3 Å². The molecule has 2 aromatic rings. The molecule has 0 fully saturated rings. The van der Waals surface area contributed by atoms with Gasteiger partial charge in [0.1, 0.15) is 0 Å². The fourth-order valence-corrected chi connectivity index (χ4v) is 2.14. The van der Waals surface area contributed by atoms with Gasteiger partial charge in [0, 0.05) is 25.2 Å². The van der Waals surface area contributed by atoms with Crippen LogP contribution in [0.3, 0.4) is 0 Å². The van der Waals surface area contributed by atoms with Crippen LogP contribution in [0.5, 0.6) is 23.0 Å². The van der Waals surface area contributed by atoms with Crippen molar-refractivity contribution in [3.63, 3.8) is 0 Å². The molecular weight excluding hydrogens is 559 g/mol. The maximum atomic E-state index is 9.71. The van der Waals surface area contributed by atoms with Crippen LogP contribution in [0.2, 0.25) is 0 Å². The van der Waals surface area contributed by atoms with Crippen molar-refractivity contribution in [2.24, 2.45) is 20.2 Å². The molecule has 0 aromatic heterocycles. The Balaban J connectivity index is 0.000000602. The van der Waals surface area contributed by atoms with E-state index in [9.17, 15) is 10.2 Å². The minimum Gasteiger partial charge on any atom is -0.741 e. The van der Waals surface area contributed by atoms with Crippen LogP contribution in [0.1, 0.15) is 11.1 Å². The number of aromatic hydroxyl groups is 2. The zero-order valence-electron chi connectivity index (χ0n) is 18.3.